The van der Waals surface area contributed by atoms with Crippen LogP contribution in [0.5, 0.6) is 0 Å². The summed E-state index contributed by atoms with van der Waals surface area (Å²) in [4.78, 5) is 14.4. The molecule has 0 spiro atoms. The zero-order chi connectivity index (χ0) is 18.2. The molecule has 0 bridgehead atoms. The van der Waals surface area contributed by atoms with Gasteiger partial charge < -0.3 is 10.2 Å². The summed E-state index contributed by atoms with van der Waals surface area (Å²) in [6.45, 7) is 4.89. The topological polar surface area (TPSA) is 32.3 Å². The molecule has 0 radical (unpaired) electrons. The van der Waals surface area contributed by atoms with E-state index in [1.807, 2.05) is 6.07 Å². The minimum absolute atomic E-state index is 0.0860. The predicted octanol–water partition coefficient (Wildman–Crippen LogP) is 5.21. The summed E-state index contributed by atoms with van der Waals surface area (Å²) in [6, 6.07) is 11.3. The Bertz CT molecular complexity index is 795. The number of urea groups is 1. The van der Waals surface area contributed by atoms with Crippen molar-refractivity contribution in [3.05, 3.63) is 69.5 Å². The molecular weight excluding hydrogens is 362 g/mol. The van der Waals surface area contributed by atoms with Gasteiger partial charge in [0.2, 0.25) is 0 Å². The van der Waals surface area contributed by atoms with Gasteiger partial charge in [0, 0.05) is 23.1 Å². The highest BCUT2D eigenvalue weighted by Gasteiger charge is 2.50. The number of rotatable bonds is 4. The molecule has 2 aromatic carbocycles. The Labute approximate surface area is 156 Å². The molecule has 1 N–H and O–H groups in total. The second-order valence-electron chi connectivity index (χ2n) is 6.57. The summed E-state index contributed by atoms with van der Waals surface area (Å²) < 4.78 is 13.2. The lowest BCUT2D eigenvalue weighted by molar-refractivity contribution is 0.108. The van der Waals surface area contributed by atoms with E-state index in [4.69, 9.17) is 23.2 Å². The van der Waals surface area contributed by atoms with Crippen LogP contribution in [0.4, 0.5) is 9.18 Å². The van der Waals surface area contributed by atoms with Crippen LogP contribution in [0.15, 0.2) is 42.5 Å². The van der Waals surface area contributed by atoms with Gasteiger partial charge in [0.15, 0.2) is 0 Å². The van der Waals surface area contributed by atoms with Crippen LogP contribution in [0.2, 0.25) is 10.0 Å². The van der Waals surface area contributed by atoms with E-state index in [0.29, 0.717) is 23.1 Å². The summed E-state index contributed by atoms with van der Waals surface area (Å²) in [7, 11) is 0. The molecular formula is C19H19Cl2FN2O. The molecule has 1 heterocycles. The lowest BCUT2D eigenvalue weighted by Gasteiger charge is -2.41. The molecule has 2 amide bonds. The molecule has 132 valence electrons. The summed E-state index contributed by atoms with van der Waals surface area (Å²) in [5.74, 6) is -0.217. The maximum Gasteiger partial charge on any atom is 0.318 e. The van der Waals surface area contributed by atoms with Crippen LogP contribution in [0.1, 0.15) is 25.0 Å². The first-order chi connectivity index (χ1) is 11.8. The third-order valence-electron chi connectivity index (χ3n) is 4.84. The van der Waals surface area contributed by atoms with Gasteiger partial charge in [0.05, 0.1) is 5.54 Å². The van der Waals surface area contributed by atoms with Crippen molar-refractivity contribution in [1.82, 2.24) is 10.2 Å². The van der Waals surface area contributed by atoms with Gasteiger partial charge >= 0.3 is 6.03 Å². The third-order valence-corrected chi connectivity index (χ3v) is 5.40. The number of benzene rings is 2. The van der Waals surface area contributed by atoms with Crippen LogP contribution in [-0.4, -0.2) is 17.5 Å². The quantitative estimate of drug-likeness (QED) is 0.775. The lowest BCUT2D eigenvalue weighted by Crippen LogP contribution is -2.48. The second kappa shape index (κ2) is 6.85. The first-order valence-electron chi connectivity index (χ1n) is 8.10. The van der Waals surface area contributed by atoms with E-state index in [0.717, 1.165) is 11.1 Å². The van der Waals surface area contributed by atoms with Gasteiger partial charge in [-0.2, -0.15) is 0 Å². The molecule has 1 saturated heterocycles. The Morgan fingerprint density at radius 3 is 2.52 bits per heavy atom. The van der Waals surface area contributed by atoms with Crippen molar-refractivity contribution >= 4 is 29.2 Å². The van der Waals surface area contributed by atoms with E-state index in [1.54, 1.807) is 29.2 Å². The van der Waals surface area contributed by atoms with Gasteiger partial charge in [0.1, 0.15) is 5.82 Å². The van der Waals surface area contributed by atoms with Crippen LogP contribution >= 0.6 is 23.2 Å². The normalized spacial score (nSPS) is 20.2. The number of nitrogens with one attached hydrogen (secondary N) is 1. The van der Waals surface area contributed by atoms with Crippen molar-refractivity contribution in [3.8, 4) is 0 Å². The van der Waals surface area contributed by atoms with Crippen LogP contribution in [0.3, 0.4) is 0 Å². The van der Waals surface area contributed by atoms with E-state index in [1.165, 1.54) is 12.1 Å². The molecule has 1 aliphatic heterocycles. The number of hydrogen-bond donors (Lipinski definition) is 1. The van der Waals surface area contributed by atoms with E-state index in [-0.39, 0.29) is 17.8 Å². The molecule has 3 rings (SSSR count). The second-order valence-corrected chi connectivity index (χ2v) is 7.42. The average Bonchev–Trinajstić information content (AvgIpc) is 2.90. The van der Waals surface area contributed by atoms with Gasteiger partial charge in [-0.3, -0.25) is 0 Å². The Morgan fingerprint density at radius 1 is 1.20 bits per heavy atom. The highest BCUT2D eigenvalue weighted by atomic mass is 35.5. The van der Waals surface area contributed by atoms with Crippen LogP contribution < -0.4 is 5.32 Å². The highest BCUT2D eigenvalue weighted by molar-refractivity contribution is 6.33. The molecule has 1 unspecified atom stereocenters. The van der Waals surface area contributed by atoms with E-state index in [2.05, 4.69) is 19.2 Å². The zero-order valence-corrected chi connectivity index (χ0v) is 15.5. The fourth-order valence-electron chi connectivity index (χ4n) is 3.46. The van der Waals surface area contributed by atoms with E-state index < -0.39 is 5.54 Å². The summed E-state index contributed by atoms with van der Waals surface area (Å²) in [5.41, 5.74) is 1.03. The number of halogens is 3. The van der Waals surface area contributed by atoms with Gasteiger partial charge in [-0.15, -0.1) is 0 Å². The monoisotopic (exact) mass is 380 g/mol. The van der Waals surface area contributed by atoms with Crippen LogP contribution in [0.25, 0.3) is 0 Å². The van der Waals surface area contributed by atoms with Gasteiger partial charge in [-0.05, 0) is 47.4 Å². The molecule has 1 fully saturated rings. The number of carbonyl (C=O) groups excluding carboxylic acids is 1. The number of hydrogen-bond acceptors (Lipinski definition) is 1. The molecule has 25 heavy (non-hydrogen) atoms. The zero-order valence-electron chi connectivity index (χ0n) is 14.0. The van der Waals surface area contributed by atoms with Crippen molar-refractivity contribution in [1.29, 1.82) is 0 Å². The summed E-state index contributed by atoms with van der Waals surface area (Å²) >= 11 is 12.7. The summed E-state index contributed by atoms with van der Waals surface area (Å²) in [5, 5.41) is 4.07. The van der Waals surface area contributed by atoms with Gasteiger partial charge in [-0.25, -0.2) is 9.18 Å². The third kappa shape index (κ3) is 3.21. The van der Waals surface area contributed by atoms with Crippen molar-refractivity contribution in [2.24, 2.45) is 5.92 Å². The summed E-state index contributed by atoms with van der Waals surface area (Å²) in [6.07, 6.45) is 0. The van der Waals surface area contributed by atoms with Crippen LogP contribution in [0, 0.1) is 11.7 Å². The molecule has 6 heteroatoms. The minimum atomic E-state index is -0.631. The van der Waals surface area contributed by atoms with Crippen molar-refractivity contribution in [2.75, 3.05) is 6.54 Å². The first-order valence-corrected chi connectivity index (χ1v) is 8.85. The van der Waals surface area contributed by atoms with E-state index in [9.17, 15) is 9.18 Å². The van der Waals surface area contributed by atoms with E-state index >= 15 is 0 Å². The number of amides is 2. The molecule has 0 saturated carbocycles. The fourth-order valence-corrected chi connectivity index (χ4v) is 3.92. The highest BCUT2D eigenvalue weighted by Crippen LogP contribution is 2.43. The Hall–Kier alpha value is -1.78. The maximum absolute atomic E-state index is 13.2. The fraction of sp³-hybridized carbons (Fsp3) is 0.316. The molecule has 1 aliphatic rings. The van der Waals surface area contributed by atoms with Gasteiger partial charge in [-0.1, -0.05) is 49.2 Å². The van der Waals surface area contributed by atoms with Crippen molar-refractivity contribution < 1.29 is 9.18 Å². The Morgan fingerprint density at radius 2 is 1.88 bits per heavy atom. The average molecular weight is 381 g/mol. The predicted molar refractivity (Wildman–Crippen MR) is 98.3 cm³/mol. The molecule has 3 nitrogen and oxygen atoms in total. The number of nitrogens with zero attached hydrogens (tertiary/aromatic N) is 1. The Kier molecular flexibility index (Phi) is 4.94. The molecule has 0 aliphatic carbocycles. The van der Waals surface area contributed by atoms with Crippen molar-refractivity contribution in [3.63, 3.8) is 0 Å². The molecule has 1 atom stereocenters. The smallest absolute Gasteiger partial charge is 0.318 e. The molecule has 0 aromatic heterocycles. The lowest BCUT2D eigenvalue weighted by atomic mass is 9.79. The minimum Gasteiger partial charge on any atom is -0.335 e. The maximum atomic E-state index is 13.2. The SMILES string of the molecule is CC(C)C1(c2cc(Cl)ccc2Cl)CNC(=O)N1Cc1ccc(F)cc1. The molecule has 2 aromatic rings. The standard InChI is InChI=1S/C19H19Cl2FN2O/c1-12(2)19(16-9-14(20)5-8-17(16)21)11-23-18(25)24(19)10-13-3-6-15(22)7-4-13/h3-9,12H,10-11H2,1-2H3,(H,23,25). The van der Waals surface area contributed by atoms with Gasteiger partial charge in [0.25, 0.3) is 0 Å². The largest absolute Gasteiger partial charge is 0.335 e. The first kappa shape index (κ1) is 18.0. The Balaban J connectivity index is 2.08. The van der Waals surface area contributed by atoms with Crippen LogP contribution in [-0.2, 0) is 12.1 Å². The van der Waals surface area contributed by atoms with Crippen molar-refractivity contribution in [2.45, 2.75) is 25.9 Å². The number of carbonyl (C=O) groups is 1.